The van der Waals surface area contributed by atoms with Gasteiger partial charge in [-0.1, -0.05) is 13.8 Å². The van der Waals surface area contributed by atoms with Crippen molar-refractivity contribution in [3.05, 3.63) is 11.9 Å². The Labute approximate surface area is 96.0 Å². The van der Waals surface area contributed by atoms with Crippen LogP contribution in [0.5, 0.6) is 0 Å². The lowest BCUT2D eigenvalue weighted by Crippen LogP contribution is -2.33. The summed E-state index contributed by atoms with van der Waals surface area (Å²) < 4.78 is 1.68. The van der Waals surface area contributed by atoms with Gasteiger partial charge in [-0.15, -0.1) is 0 Å². The molecule has 0 aliphatic carbocycles. The van der Waals surface area contributed by atoms with E-state index in [0.717, 1.165) is 11.4 Å². The number of hydrogen-bond acceptors (Lipinski definition) is 3. The predicted molar refractivity (Wildman–Crippen MR) is 64.0 cm³/mol. The molecule has 0 saturated heterocycles. The number of rotatable bonds is 4. The van der Waals surface area contributed by atoms with E-state index in [9.17, 15) is 4.79 Å². The average molecular weight is 224 g/mol. The standard InChI is InChI=1S/C11H20N4O/c1-7(2)9(5-12)11(16)13-10-6-15(4)14-8(10)3/h6-7,9H,5,12H2,1-4H3,(H,13,16). The second-order valence-corrected chi connectivity index (χ2v) is 4.38. The van der Waals surface area contributed by atoms with Crippen LogP contribution in [-0.2, 0) is 11.8 Å². The van der Waals surface area contributed by atoms with E-state index >= 15 is 0 Å². The highest BCUT2D eigenvalue weighted by Gasteiger charge is 2.21. The van der Waals surface area contributed by atoms with Crippen LogP contribution in [0.4, 0.5) is 5.69 Å². The highest BCUT2D eigenvalue weighted by atomic mass is 16.1. The van der Waals surface area contributed by atoms with Crippen molar-refractivity contribution in [3.63, 3.8) is 0 Å². The van der Waals surface area contributed by atoms with Gasteiger partial charge >= 0.3 is 0 Å². The number of aromatic nitrogens is 2. The molecule has 5 nitrogen and oxygen atoms in total. The fourth-order valence-corrected chi connectivity index (χ4v) is 1.63. The molecule has 1 unspecified atom stereocenters. The van der Waals surface area contributed by atoms with Gasteiger partial charge in [-0.05, 0) is 12.8 Å². The Morgan fingerprint density at radius 2 is 2.25 bits per heavy atom. The number of hydrogen-bond donors (Lipinski definition) is 2. The number of nitrogens with two attached hydrogens (primary N) is 1. The normalized spacial score (nSPS) is 12.9. The molecule has 0 aliphatic rings. The summed E-state index contributed by atoms with van der Waals surface area (Å²) in [5.74, 6) is 0.0511. The van der Waals surface area contributed by atoms with Gasteiger partial charge in [0.1, 0.15) is 0 Å². The number of nitrogens with zero attached hydrogens (tertiary/aromatic N) is 2. The summed E-state index contributed by atoms with van der Waals surface area (Å²) in [5, 5.41) is 7.03. The summed E-state index contributed by atoms with van der Waals surface area (Å²) in [5.41, 5.74) is 7.16. The zero-order valence-electron chi connectivity index (χ0n) is 10.3. The van der Waals surface area contributed by atoms with Crippen LogP contribution in [0.25, 0.3) is 0 Å². The summed E-state index contributed by atoms with van der Waals surface area (Å²) in [7, 11) is 1.82. The molecule has 1 aromatic rings. The van der Waals surface area contributed by atoms with Crippen molar-refractivity contribution in [2.75, 3.05) is 11.9 Å². The molecular formula is C11H20N4O. The van der Waals surface area contributed by atoms with Gasteiger partial charge < -0.3 is 11.1 Å². The van der Waals surface area contributed by atoms with Crippen molar-refractivity contribution in [1.29, 1.82) is 0 Å². The SMILES string of the molecule is Cc1nn(C)cc1NC(=O)C(CN)C(C)C. The van der Waals surface area contributed by atoms with E-state index in [4.69, 9.17) is 5.73 Å². The summed E-state index contributed by atoms with van der Waals surface area (Å²) in [6.07, 6.45) is 1.79. The van der Waals surface area contributed by atoms with Crippen LogP contribution in [0.15, 0.2) is 6.20 Å². The van der Waals surface area contributed by atoms with Crippen LogP contribution in [-0.4, -0.2) is 22.2 Å². The minimum atomic E-state index is -0.153. The van der Waals surface area contributed by atoms with Crippen LogP contribution < -0.4 is 11.1 Å². The zero-order chi connectivity index (χ0) is 12.3. The Bertz CT molecular complexity index is 370. The van der Waals surface area contributed by atoms with E-state index in [0.29, 0.717) is 6.54 Å². The van der Waals surface area contributed by atoms with E-state index in [1.807, 2.05) is 27.8 Å². The van der Waals surface area contributed by atoms with E-state index in [1.54, 1.807) is 10.9 Å². The maximum atomic E-state index is 11.9. The Balaban J connectivity index is 2.74. The minimum Gasteiger partial charge on any atom is -0.330 e. The highest BCUT2D eigenvalue weighted by Crippen LogP contribution is 2.16. The van der Waals surface area contributed by atoms with Gasteiger partial charge in [0, 0.05) is 19.8 Å². The zero-order valence-corrected chi connectivity index (χ0v) is 10.3. The Kier molecular flexibility index (Phi) is 4.06. The van der Waals surface area contributed by atoms with Gasteiger partial charge in [-0.3, -0.25) is 9.48 Å². The number of nitrogens with one attached hydrogen (secondary N) is 1. The van der Waals surface area contributed by atoms with Crippen molar-refractivity contribution in [2.45, 2.75) is 20.8 Å². The van der Waals surface area contributed by atoms with Crippen LogP contribution in [0, 0.1) is 18.8 Å². The second kappa shape index (κ2) is 5.12. The Hall–Kier alpha value is -1.36. The lowest BCUT2D eigenvalue weighted by atomic mass is 9.95. The summed E-state index contributed by atoms with van der Waals surface area (Å²) in [6.45, 7) is 6.21. The molecule has 0 aromatic carbocycles. The van der Waals surface area contributed by atoms with E-state index in [2.05, 4.69) is 10.4 Å². The molecular weight excluding hydrogens is 204 g/mol. The van der Waals surface area contributed by atoms with Crippen LogP contribution in [0.2, 0.25) is 0 Å². The van der Waals surface area contributed by atoms with Gasteiger partial charge in [0.15, 0.2) is 0 Å². The fourth-order valence-electron chi connectivity index (χ4n) is 1.63. The van der Waals surface area contributed by atoms with Crippen LogP contribution in [0.3, 0.4) is 0 Å². The molecule has 1 atom stereocenters. The van der Waals surface area contributed by atoms with Gasteiger partial charge in [-0.25, -0.2) is 0 Å². The third kappa shape index (κ3) is 2.82. The van der Waals surface area contributed by atoms with Gasteiger partial charge in [-0.2, -0.15) is 5.10 Å². The maximum Gasteiger partial charge on any atom is 0.229 e. The van der Waals surface area contributed by atoms with Gasteiger partial charge in [0.05, 0.1) is 17.3 Å². The predicted octanol–water partition coefficient (Wildman–Crippen LogP) is 0.898. The topological polar surface area (TPSA) is 72.9 Å². The molecule has 16 heavy (non-hydrogen) atoms. The van der Waals surface area contributed by atoms with Crippen LogP contribution in [0.1, 0.15) is 19.5 Å². The molecule has 0 spiro atoms. The lowest BCUT2D eigenvalue weighted by molar-refractivity contribution is -0.120. The van der Waals surface area contributed by atoms with Crippen molar-refractivity contribution < 1.29 is 4.79 Å². The average Bonchev–Trinajstić information content (AvgIpc) is 2.45. The smallest absolute Gasteiger partial charge is 0.229 e. The van der Waals surface area contributed by atoms with Crippen molar-refractivity contribution in [3.8, 4) is 0 Å². The Morgan fingerprint density at radius 3 is 2.62 bits per heavy atom. The van der Waals surface area contributed by atoms with E-state index in [-0.39, 0.29) is 17.7 Å². The molecule has 0 saturated carbocycles. The molecule has 0 bridgehead atoms. The molecule has 1 aromatic heterocycles. The first-order valence-corrected chi connectivity index (χ1v) is 5.47. The van der Waals surface area contributed by atoms with Crippen LogP contribution >= 0.6 is 0 Å². The summed E-state index contributed by atoms with van der Waals surface area (Å²) in [4.78, 5) is 11.9. The lowest BCUT2D eigenvalue weighted by Gasteiger charge is -2.17. The second-order valence-electron chi connectivity index (χ2n) is 4.38. The number of anilines is 1. The molecule has 5 heteroatoms. The van der Waals surface area contributed by atoms with E-state index < -0.39 is 0 Å². The number of carbonyl (C=O) groups is 1. The van der Waals surface area contributed by atoms with Gasteiger partial charge in [0.25, 0.3) is 0 Å². The first-order valence-electron chi connectivity index (χ1n) is 5.47. The van der Waals surface area contributed by atoms with Gasteiger partial charge in [0.2, 0.25) is 5.91 Å². The number of carbonyl (C=O) groups excluding carboxylic acids is 1. The highest BCUT2D eigenvalue weighted by molar-refractivity contribution is 5.93. The molecule has 90 valence electrons. The molecule has 0 fully saturated rings. The molecule has 3 N–H and O–H groups in total. The molecule has 1 heterocycles. The largest absolute Gasteiger partial charge is 0.330 e. The molecule has 1 amide bonds. The molecule has 0 radical (unpaired) electrons. The monoisotopic (exact) mass is 224 g/mol. The third-order valence-electron chi connectivity index (χ3n) is 2.67. The van der Waals surface area contributed by atoms with E-state index in [1.165, 1.54) is 0 Å². The first kappa shape index (κ1) is 12.7. The maximum absolute atomic E-state index is 11.9. The fraction of sp³-hybridized carbons (Fsp3) is 0.636. The molecule has 1 rings (SSSR count). The third-order valence-corrected chi connectivity index (χ3v) is 2.67. The quantitative estimate of drug-likeness (QED) is 0.798. The van der Waals surface area contributed by atoms with Crippen molar-refractivity contribution in [1.82, 2.24) is 9.78 Å². The molecule has 0 aliphatic heterocycles. The number of amides is 1. The Morgan fingerprint density at radius 1 is 1.62 bits per heavy atom. The number of aryl methyl sites for hydroxylation is 2. The summed E-state index contributed by atoms with van der Waals surface area (Å²) in [6, 6.07) is 0. The summed E-state index contributed by atoms with van der Waals surface area (Å²) >= 11 is 0. The first-order chi connectivity index (χ1) is 7.45. The van der Waals surface area contributed by atoms with Crippen molar-refractivity contribution in [2.24, 2.45) is 24.6 Å². The minimum absolute atomic E-state index is 0.0337. The van der Waals surface area contributed by atoms with Crippen molar-refractivity contribution >= 4 is 11.6 Å².